The number of hydrogen-bond donors (Lipinski definition) is 1. The van der Waals surface area contributed by atoms with E-state index in [0.29, 0.717) is 12.8 Å². The zero-order chi connectivity index (χ0) is 9.03. The van der Waals surface area contributed by atoms with Crippen molar-refractivity contribution in [3.63, 3.8) is 0 Å². The number of alkyl halides is 1. The van der Waals surface area contributed by atoms with Crippen LogP contribution in [-0.4, -0.2) is 5.79 Å². The van der Waals surface area contributed by atoms with Crippen molar-refractivity contribution in [1.82, 2.24) is 0 Å². The maximum Gasteiger partial charge on any atom is 0.156 e. The first kappa shape index (κ1) is 12.4. The lowest BCUT2D eigenvalue weighted by Crippen LogP contribution is -2.30. The highest BCUT2D eigenvalue weighted by atomic mass is 35.5. The summed E-state index contributed by atoms with van der Waals surface area (Å²) in [6, 6.07) is 9.79. The molecule has 0 aliphatic carbocycles. The maximum atomic E-state index is 12.9. The summed E-state index contributed by atoms with van der Waals surface area (Å²) in [7, 11) is 0. The number of aryl methyl sites for hydroxylation is 1. The fraction of sp³-hybridized carbons (Fsp3) is 0.400. The Morgan fingerprint density at radius 2 is 1.85 bits per heavy atom. The van der Waals surface area contributed by atoms with Gasteiger partial charge in [0.25, 0.3) is 0 Å². The molecule has 0 aliphatic rings. The lowest BCUT2D eigenvalue weighted by Gasteiger charge is -2.13. The molecule has 1 nitrogen and oxygen atoms in total. The summed E-state index contributed by atoms with van der Waals surface area (Å²) in [5, 5.41) is 0. The van der Waals surface area contributed by atoms with E-state index < -0.39 is 5.79 Å². The summed E-state index contributed by atoms with van der Waals surface area (Å²) in [6.45, 7) is 1.40. The zero-order valence-corrected chi connectivity index (χ0v) is 8.48. The summed E-state index contributed by atoms with van der Waals surface area (Å²) in [4.78, 5) is 0. The van der Waals surface area contributed by atoms with Gasteiger partial charge in [0.05, 0.1) is 0 Å². The van der Waals surface area contributed by atoms with E-state index >= 15 is 0 Å². The van der Waals surface area contributed by atoms with Crippen LogP contribution >= 0.6 is 12.4 Å². The van der Waals surface area contributed by atoms with Crippen LogP contribution in [0.5, 0.6) is 0 Å². The summed E-state index contributed by atoms with van der Waals surface area (Å²) in [6.07, 6.45) is 1.07. The number of halogens is 2. The van der Waals surface area contributed by atoms with Crippen molar-refractivity contribution in [2.75, 3.05) is 0 Å². The van der Waals surface area contributed by atoms with E-state index in [1.54, 1.807) is 0 Å². The number of nitrogens with two attached hydrogens (primary N) is 1. The molecule has 0 heterocycles. The lowest BCUT2D eigenvalue weighted by molar-refractivity contribution is 0.185. The van der Waals surface area contributed by atoms with E-state index in [1.807, 2.05) is 30.3 Å². The average Bonchev–Trinajstić information content (AvgIpc) is 2.02. The predicted molar refractivity (Wildman–Crippen MR) is 55.7 cm³/mol. The van der Waals surface area contributed by atoms with Gasteiger partial charge in [-0.15, -0.1) is 12.4 Å². The van der Waals surface area contributed by atoms with Crippen molar-refractivity contribution >= 4 is 12.4 Å². The molecule has 0 radical (unpaired) electrons. The van der Waals surface area contributed by atoms with Gasteiger partial charge in [0.2, 0.25) is 0 Å². The molecule has 13 heavy (non-hydrogen) atoms. The van der Waals surface area contributed by atoms with E-state index in [9.17, 15) is 4.39 Å². The Balaban J connectivity index is 0.00000144. The molecule has 0 saturated carbocycles. The largest absolute Gasteiger partial charge is 0.299 e. The Kier molecular flexibility index (Phi) is 4.96. The SMILES string of the molecule is CC(N)(F)CCc1ccccc1.Cl. The monoisotopic (exact) mass is 203 g/mol. The van der Waals surface area contributed by atoms with Crippen LogP contribution in [-0.2, 0) is 6.42 Å². The third-order valence-electron chi connectivity index (χ3n) is 1.75. The Hall–Kier alpha value is -0.600. The summed E-state index contributed by atoms with van der Waals surface area (Å²) < 4.78 is 12.9. The molecule has 74 valence electrons. The van der Waals surface area contributed by atoms with E-state index in [0.717, 1.165) is 5.56 Å². The van der Waals surface area contributed by atoms with Gasteiger partial charge in [0.15, 0.2) is 5.79 Å². The van der Waals surface area contributed by atoms with Crippen molar-refractivity contribution in [2.45, 2.75) is 25.6 Å². The molecule has 1 rings (SSSR count). The van der Waals surface area contributed by atoms with Crippen LogP contribution in [0.2, 0.25) is 0 Å². The highest BCUT2D eigenvalue weighted by Gasteiger charge is 2.14. The summed E-state index contributed by atoms with van der Waals surface area (Å²) in [5.74, 6) is -1.55. The van der Waals surface area contributed by atoms with Crippen LogP contribution in [0.4, 0.5) is 4.39 Å². The van der Waals surface area contributed by atoms with Gasteiger partial charge >= 0.3 is 0 Å². The topological polar surface area (TPSA) is 26.0 Å². The molecule has 1 aromatic carbocycles. The molecular formula is C10H15ClFN. The smallest absolute Gasteiger partial charge is 0.156 e. The number of hydrogen-bond acceptors (Lipinski definition) is 1. The quantitative estimate of drug-likeness (QED) is 0.752. The van der Waals surface area contributed by atoms with E-state index in [-0.39, 0.29) is 12.4 Å². The molecule has 0 bridgehead atoms. The van der Waals surface area contributed by atoms with Crippen molar-refractivity contribution in [3.05, 3.63) is 35.9 Å². The Morgan fingerprint density at radius 3 is 2.31 bits per heavy atom. The Morgan fingerprint density at radius 1 is 1.31 bits per heavy atom. The van der Waals surface area contributed by atoms with Crippen LogP contribution < -0.4 is 5.73 Å². The van der Waals surface area contributed by atoms with E-state index in [4.69, 9.17) is 5.73 Å². The summed E-state index contributed by atoms with van der Waals surface area (Å²) >= 11 is 0. The minimum atomic E-state index is -1.55. The lowest BCUT2D eigenvalue weighted by atomic mass is 10.1. The van der Waals surface area contributed by atoms with Crippen LogP contribution in [0.25, 0.3) is 0 Å². The van der Waals surface area contributed by atoms with E-state index in [2.05, 4.69) is 0 Å². The first-order valence-electron chi connectivity index (χ1n) is 4.10. The van der Waals surface area contributed by atoms with Crippen molar-refractivity contribution in [2.24, 2.45) is 5.73 Å². The van der Waals surface area contributed by atoms with Crippen molar-refractivity contribution in [3.8, 4) is 0 Å². The van der Waals surface area contributed by atoms with Crippen LogP contribution in [0.15, 0.2) is 30.3 Å². The normalized spacial score (nSPS) is 14.4. The molecular weight excluding hydrogens is 189 g/mol. The van der Waals surface area contributed by atoms with Crippen LogP contribution in [0.1, 0.15) is 18.9 Å². The van der Waals surface area contributed by atoms with Gasteiger partial charge in [-0.1, -0.05) is 30.3 Å². The third-order valence-corrected chi connectivity index (χ3v) is 1.75. The second-order valence-corrected chi connectivity index (χ2v) is 3.26. The van der Waals surface area contributed by atoms with Gasteiger partial charge in [-0.3, -0.25) is 5.73 Å². The number of rotatable bonds is 3. The molecule has 0 aromatic heterocycles. The molecule has 1 aromatic rings. The zero-order valence-electron chi connectivity index (χ0n) is 7.66. The molecule has 2 N–H and O–H groups in total. The highest BCUT2D eigenvalue weighted by Crippen LogP contribution is 2.11. The fourth-order valence-corrected chi connectivity index (χ4v) is 1.03. The van der Waals surface area contributed by atoms with Crippen molar-refractivity contribution < 1.29 is 4.39 Å². The Bertz CT molecular complexity index is 230. The molecule has 1 atom stereocenters. The highest BCUT2D eigenvalue weighted by molar-refractivity contribution is 5.85. The molecule has 0 aliphatic heterocycles. The van der Waals surface area contributed by atoms with Crippen molar-refractivity contribution in [1.29, 1.82) is 0 Å². The van der Waals surface area contributed by atoms with Gasteiger partial charge in [0, 0.05) is 0 Å². The molecule has 3 heteroatoms. The van der Waals surface area contributed by atoms with Gasteiger partial charge in [-0.05, 0) is 25.3 Å². The Labute approximate surface area is 84.5 Å². The van der Waals surface area contributed by atoms with Crippen LogP contribution in [0, 0.1) is 0 Å². The minimum absolute atomic E-state index is 0. The first-order valence-corrected chi connectivity index (χ1v) is 4.10. The number of benzene rings is 1. The minimum Gasteiger partial charge on any atom is -0.299 e. The molecule has 1 unspecified atom stereocenters. The fourth-order valence-electron chi connectivity index (χ4n) is 1.03. The second kappa shape index (κ2) is 5.20. The maximum absolute atomic E-state index is 12.9. The molecule has 0 saturated heterocycles. The van der Waals surface area contributed by atoms with E-state index in [1.165, 1.54) is 6.92 Å². The standard InChI is InChI=1S/C10H14FN.ClH/c1-10(11,12)8-7-9-5-3-2-4-6-9;/h2-6H,7-8,12H2,1H3;1H. The first-order chi connectivity index (χ1) is 5.58. The molecule has 0 fully saturated rings. The average molecular weight is 204 g/mol. The van der Waals surface area contributed by atoms with Gasteiger partial charge in [0.1, 0.15) is 0 Å². The van der Waals surface area contributed by atoms with Gasteiger partial charge in [-0.2, -0.15) is 0 Å². The third kappa shape index (κ3) is 5.61. The second-order valence-electron chi connectivity index (χ2n) is 3.26. The molecule has 0 amide bonds. The van der Waals surface area contributed by atoms with Crippen LogP contribution in [0.3, 0.4) is 0 Å². The molecule has 0 spiro atoms. The summed E-state index contributed by atoms with van der Waals surface area (Å²) in [5.41, 5.74) is 6.35. The predicted octanol–water partition coefficient (Wildman–Crippen LogP) is 2.69. The van der Waals surface area contributed by atoms with Gasteiger partial charge < -0.3 is 0 Å². The van der Waals surface area contributed by atoms with Gasteiger partial charge in [-0.25, -0.2) is 4.39 Å².